The van der Waals surface area contributed by atoms with Gasteiger partial charge in [0.2, 0.25) is 5.91 Å². The van der Waals surface area contributed by atoms with Crippen LogP contribution >= 0.6 is 0 Å². The van der Waals surface area contributed by atoms with Crippen LogP contribution in [0.4, 0.5) is 0 Å². The van der Waals surface area contributed by atoms with Crippen LogP contribution < -0.4 is 15.4 Å². The van der Waals surface area contributed by atoms with Gasteiger partial charge in [0.1, 0.15) is 18.1 Å². The Hall–Kier alpha value is -4.65. The van der Waals surface area contributed by atoms with Gasteiger partial charge in [0.15, 0.2) is 0 Å². The molecule has 1 heterocycles. The second-order valence-electron chi connectivity index (χ2n) is 8.28. The van der Waals surface area contributed by atoms with Crippen LogP contribution in [0.1, 0.15) is 51.6 Å². The number of carbonyl (C=O) groups is 4. The van der Waals surface area contributed by atoms with Crippen molar-refractivity contribution >= 4 is 29.8 Å². The summed E-state index contributed by atoms with van der Waals surface area (Å²) in [5.41, 5.74) is 1.62. The fourth-order valence-corrected chi connectivity index (χ4v) is 3.74. The third-order valence-corrected chi connectivity index (χ3v) is 5.59. The Morgan fingerprint density at radius 3 is 2.35 bits per heavy atom. The number of hydrogen-bond acceptors (Lipinski definition) is 7. The number of methoxy groups -OCH3 is 1. The van der Waals surface area contributed by atoms with Gasteiger partial charge in [0.25, 0.3) is 11.8 Å². The van der Waals surface area contributed by atoms with Gasteiger partial charge in [0.05, 0.1) is 25.3 Å². The molecular weight excluding hydrogens is 476 g/mol. The number of nitrogens with zero attached hydrogens (tertiary/aromatic N) is 2. The molecule has 2 aromatic rings. The zero-order chi connectivity index (χ0) is 26.8. The van der Waals surface area contributed by atoms with Crippen molar-refractivity contribution in [1.82, 2.24) is 15.5 Å². The van der Waals surface area contributed by atoms with E-state index in [2.05, 4.69) is 10.6 Å². The first-order chi connectivity index (χ1) is 17.8. The van der Waals surface area contributed by atoms with Gasteiger partial charge < -0.3 is 25.0 Å². The summed E-state index contributed by atoms with van der Waals surface area (Å²) in [6.45, 7) is 3.00. The number of carbonyl (C=O) groups excluding carboxylic acids is 4. The lowest BCUT2D eigenvalue weighted by molar-refractivity contribution is -0.137. The normalized spacial score (nSPS) is 12.9. The van der Waals surface area contributed by atoms with Crippen LogP contribution in [0.15, 0.2) is 48.2 Å². The topological polar surface area (TPSA) is 138 Å². The highest BCUT2D eigenvalue weighted by atomic mass is 16.5. The molecule has 1 aliphatic heterocycles. The minimum absolute atomic E-state index is 0.0313. The number of hydrogen-bond donors (Lipinski definition) is 2. The van der Waals surface area contributed by atoms with E-state index in [0.29, 0.717) is 22.3 Å². The molecule has 10 nitrogen and oxygen atoms in total. The van der Waals surface area contributed by atoms with Crippen LogP contribution in [0.3, 0.4) is 0 Å². The van der Waals surface area contributed by atoms with E-state index >= 15 is 0 Å². The Balaban J connectivity index is 1.62. The zero-order valence-electron chi connectivity index (χ0n) is 20.7. The lowest BCUT2D eigenvalue weighted by atomic mass is 10.1. The maximum Gasteiger partial charge on any atom is 0.354 e. The zero-order valence-corrected chi connectivity index (χ0v) is 20.7. The number of nitriles is 1. The average Bonchev–Trinajstić information content (AvgIpc) is 3.45. The van der Waals surface area contributed by atoms with E-state index < -0.39 is 11.9 Å². The largest absolute Gasteiger partial charge is 0.491 e. The van der Waals surface area contributed by atoms with E-state index in [-0.39, 0.29) is 36.4 Å². The van der Waals surface area contributed by atoms with Gasteiger partial charge in [-0.3, -0.25) is 14.4 Å². The van der Waals surface area contributed by atoms with Crippen LogP contribution in [0.25, 0.3) is 6.08 Å². The highest BCUT2D eigenvalue weighted by molar-refractivity contribution is 5.98. The number of rotatable bonds is 9. The lowest BCUT2D eigenvalue weighted by Crippen LogP contribution is -2.29. The molecule has 1 saturated heterocycles. The van der Waals surface area contributed by atoms with Crippen molar-refractivity contribution in [3.63, 3.8) is 0 Å². The quantitative estimate of drug-likeness (QED) is 0.303. The molecule has 2 aromatic carbocycles. The number of likely N-dealkylation sites (tertiary alicyclic amines) is 1. The first kappa shape index (κ1) is 26.9. The van der Waals surface area contributed by atoms with Crippen molar-refractivity contribution in [2.75, 3.05) is 33.4 Å². The molecule has 3 amide bonds. The van der Waals surface area contributed by atoms with Gasteiger partial charge in [-0.1, -0.05) is 0 Å². The Morgan fingerprint density at radius 1 is 1.05 bits per heavy atom. The van der Waals surface area contributed by atoms with Gasteiger partial charge in [-0.05, 0) is 61.4 Å². The Labute approximate surface area is 214 Å². The van der Waals surface area contributed by atoms with Gasteiger partial charge in [0, 0.05) is 36.7 Å². The smallest absolute Gasteiger partial charge is 0.354 e. The van der Waals surface area contributed by atoms with E-state index in [9.17, 15) is 24.4 Å². The predicted octanol–water partition coefficient (Wildman–Crippen LogP) is 2.25. The predicted molar refractivity (Wildman–Crippen MR) is 134 cm³/mol. The van der Waals surface area contributed by atoms with Crippen LogP contribution in [0.2, 0.25) is 0 Å². The van der Waals surface area contributed by atoms with Crippen LogP contribution in [-0.2, 0) is 14.3 Å². The molecular formula is C27H28N4O6. The van der Waals surface area contributed by atoms with Crippen molar-refractivity contribution in [1.29, 1.82) is 5.26 Å². The summed E-state index contributed by atoms with van der Waals surface area (Å²) in [6, 6.07) is 13.1. The van der Waals surface area contributed by atoms with Crippen molar-refractivity contribution in [2.45, 2.75) is 19.8 Å². The van der Waals surface area contributed by atoms with Gasteiger partial charge in [-0.15, -0.1) is 0 Å². The van der Waals surface area contributed by atoms with Crippen molar-refractivity contribution < 1.29 is 28.7 Å². The first-order valence-corrected chi connectivity index (χ1v) is 11.7. The van der Waals surface area contributed by atoms with E-state index in [4.69, 9.17) is 9.47 Å². The van der Waals surface area contributed by atoms with Crippen molar-refractivity contribution in [2.24, 2.45) is 0 Å². The standard InChI is InChI=1S/C27H28N4O6/c1-18(32)30-23(27(35)36-2)16-22-6-5-19(17-28)15-24(22)37-14-11-29-25(33)20-7-9-21(10-8-20)26(34)31-12-3-4-13-31/h5-10,15-16H,3-4,11-14H2,1-2H3,(H,29,33)(H,30,32)/b23-16-. The van der Waals surface area contributed by atoms with E-state index in [0.717, 1.165) is 25.9 Å². The molecule has 10 heteroatoms. The summed E-state index contributed by atoms with van der Waals surface area (Å²) in [5, 5.41) is 14.4. The fourth-order valence-electron chi connectivity index (χ4n) is 3.74. The third kappa shape index (κ3) is 7.41. The van der Waals surface area contributed by atoms with Crippen LogP contribution in [0, 0.1) is 11.3 Å². The van der Waals surface area contributed by atoms with Crippen LogP contribution in [-0.4, -0.2) is 61.9 Å². The summed E-state index contributed by atoms with van der Waals surface area (Å²) in [6.07, 6.45) is 3.40. The molecule has 2 N–H and O–H groups in total. The summed E-state index contributed by atoms with van der Waals surface area (Å²) < 4.78 is 10.5. The Morgan fingerprint density at radius 2 is 1.73 bits per heavy atom. The molecule has 3 rings (SSSR count). The molecule has 0 unspecified atom stereocenters. The van der Waals surface area contributed by atoms with Gasteiger partial charge >= 0.3 is 5.97 Å². The van der Waals surface area contributed by atoms with Crippen molar-refractivity contribution in [3.05, 3.63) is 70.4 Å². The van der Waals surface area contributed by atoms with Gasteiger partial charge in [-0.2, -0.15) is 5.26 Å². The number of nitrogens with one attached hydrogen (secondary N) is 2. The monoisotopic (exact) mass is 504 g/mol. The molecule has 37 heavy (non-hydrogen) atoms. The molecule has 1 aliphatic rings. The molecule has 0 aromatic heterocycles. The molecule has 0 spiro atoms. The first-order valence-electron chi connectivity index (χ1n) is 11.7. The SMILES string of the molecule is COC(=O)/C(=C/c1ccc(C#N)cc1OCCNC(=O)c1ccc(C(=O)N2CCCC2)cc1)NC(C)=O. The molecule has 0 aliphatic carbocycles. The summed E-state index contributed by atoms with van der Waals surface area (Å²) in [4.78, 5) is 50.3. The minimum atomic E-state index is -0.745. The van der Waals surface area contributed by atoms with Crippen LogP contribution in [0.5, 0.6) is 5.75 Å². The van der Waals surface area contributed by atoms with Crippen molar-refractivity contribution in [3.8, 4) is 11.8 Å². The second-order valence-corrected chi connectivity index (χ2v) is 8.28. The average molecular weight is 505 g/mol. The second kappa shape index (κ2) is 12.9. The Kier molecular flexibility index (Phi) is 9.38. The number of benzene rings is 2. The Bertz CT molecular complexity index is 1240. The minimum Gasteiger partial charge on any atom is -0.491 e. The molecule has 1 fully saturated rings. The maximum absolute atomic E-state index is 12.5. The van der Waals surface area contributed by atoms with E-state index in [1.54, 1.807) is 36.4 Å². The van der Waals surface area contributed by atoms with Gasteiger partial charge in [-0.25, -0.2) is 4.79 Å². The highest BCUT2D eigenvalue weighted by Crippen LogP contribution is 2.23. The molecule has 192 valence electrons. The van der Waals surface area contributed by atoms with E-state index in [1.807, 2.05) is 11.0 Å². The summed E-state index contributed by atoms with van der Waals surface area (Å²) >= 11 is 0. The summed E-state index contributed by atoms with van der Waals surface area (Å²) in [7, 11) is 1.19. The molecule has 0 atom stereocenters. The molecule has 0 radical (unpaired) electrons. The number of amides is 3. The maximum atomic E-state index is 12.5. The molecule has 0 saturated carbocycles. The number of esters is 1. The molecule has 0 bridgehead atoms. The fraction of sp³-hybridized carbons (Fsp3) is 0.296. The number of ether oxygens (including phenoxy) is 2. The summed E-state index contributed by atoms with van der Waals surface area (Å²) in [5.74, 6) is -1.27. The lowest BCUT2D eigenvalue weighted by Gasteiger charge is -2.15. The van der Waals surface area contributed by atoms with E-state index in [1.165, 1.54) is 26.2 Å². The highest BCUT2D eigenvalue weighted by Gasteiger charge is 2.19. The third-order valence-electron chi connectivity index (χ3n) is 5.59.